The minimum absolute atomic E-state index is 0.0226. The number of carbonyl (C=O) groups is 1. The van der Waals surface area contributed by atoms with Crippen LogP contribution in [0.4, 0.5) is 0 Å². The van der Waals surface area contributed by atoms with Crippen molar-refractivity contribution in [2.45, 2.75) is 23.9 Å². The van der Waals surface area contributed by atoms with Gasteiger partial charge in [-0.3, -0.25) is 4.79 Å². The molecule has 0 atom stereocenters. The van der Waals surface area contributed by atoms with Crippen LogP contribution in [0.2, 0.25) is 5.15 Å². The van der Waals surface area contributed by atoms with Crippen LogP contribution in [-0.4, -0.2) is 47.8 Å². The van der Waals surface area contributed by atoms with E-state index in [0.29, 0.717) is 0 Å². The first-order valence-corrected chi connectivity index (χ1v) is 7.56. The van der Waals surface area contributed by atoms with Gasteiger partial charge in [-0.15, -0.1) is 0 Å². The first-order chi connectivity index (χ1) is 8.82. The van der Waals surface area contributed by atoms with E-state index < -0.39 is 10.0 Å². The largest absolute Gasteiger partial charge is 0.352 e. The molecule has 0 saturated heterocycles. The number of aryl methyl sites for hydroxylation is 1. The number of sulfonamides is 1. The van der Waals surface area contributed by atoms with Crippen molar-refractivity contribution in [2.75, 3.05) is 13.6 Å². The highest BCUT2D eigenvalue weighted by Crippen LogP contribution is 2.22. The molecule has 1 aromatic heterocycles. The van der Waals surface area contributed by atoms with E-state index in [4.69, 9.17) is 11.6 Å². The van der Waals surface area contributed by atoms with Gasteiger partial charge in [-0.05, 0) is 12.8 Å². The van der Waals surface area contributed by atoms with Gasteiger partial charge in [0.1, 0.15) is 5.15 Å². The number of hydrogen-bond donors (Lipinski definition) is 1. The van der Waals surface area contributed by atoms with Crippen LogP contribution in [0.15, 0.2) is 11.4 Å². The first kappa shape index (κ1) is 14.3. The van der Waals surface area contributed by atoms with E-state index in [1.165, 1.54) is 17.9 Å². The summed E-state index contributed by atoms with van der Waals surface area (Å²) in [5.41, 5.74) is 0. The normalized spacial score (nSPS) is 15.8. The fourth-order valence-electron chi connectivity index (χ4n) is 1.50. The molecule has 1 saturated carbocycles. The molecule has 1 amide bonds. The highest BCUT2D eigenvalue weighted by atomic mass is 35.5. The van der Waals surface area contributed by atoms with Gasteiger partial charge in [0.05, 0.1) is 12.9 Å². The lowest BCUT2D eigenvalue weighted by atomic mass is 10.5. The molecule has 106 valence electrons. The number of nitrogens with zero attached hydrogens (tertiary/aromatic N) is 3. The molecule has 1 aliphatic rings. The van der Waals surface area contributed by atoms with Gasteiger partial charge in [-0.2, -0.15) is 4.31 Å². The van der Waals surface area contributed by atoms with Crippen LogP contribution >= 0.6 is 11.6 Å². The summed E-state index contributed by atoms with van der Waals surface area (Å²) in [6, 6.07) is 0.196. The maximum atomic E-state index is 12.2. The van der Waals surface area contributed by atoms with Crippen LogP contribution in [0.1, 0.15) is 12.8 Å². The van der Waals surface area contributed by atoms with Crippen molar-refractivity contribution in [3.63, 3.8) is 0 Å². The minimum Gasteiger partial charge on any atom is -0.352 e. The van der Waals surface area contributed by atoms with Crippen LogP contribution in [0, 0.1) is 0 Å². The van der Waals surface area contributed by atoms with Crippen LogP contribution in [0.25, 0.3) is 0 Å². The van der Waals surface area contributed by atoms with Gasteiger partial charge in [0.15, 0.2) is 0 Å². The summed E-state index contributed by atoms with van der Waals surface area (Å²) in [5, 5.41) is 2.51. The van der Waals surface area contributed by atoms with Crippen molar-refractivity contribution in [1.29, 1.82) is 0 Å². The molecule has 0 spiro atoms. The van der Waals surface area contributed by atoms with E-state index in [1.54, 1.807) is 7.05 Å². The number of aromatic nitrogens is 2. The standard InChI is InChI=1S/C10H15ClN4O3S/c1-14-6-12-10(9(14)11)19(17,18)15(2)5-8(16)13-7-3-4-7/h6-7H,3-5H2,1-2H3,(H,13,16). The van der Waals surface area contributed by atoms with E-state index in [2.05, 4.69) is 10.3 Å². The maximum absolute atomic E-state index is 12.2. The highest BCUT2D eigenvalue weighted by molar-refractivity contribution is 7.89. The Hall–Kier alpha value is -1.12. The second-order valence-electron chi connectivity index (χ2n) is 4.55. The Morgan fingerprint density at radius 2 is 2.26 bits per heavy atom. The molecule has 9 heteroatoms. The number of nitrogens with one attached hydrogen (secondary N) is 1. The predicted molar refractivity (Wildman–Crippen MR) is 69.2 cm³/mol. The van der Waals surface area contributed by atoms with Crippen molar-refractivity contribution in [3.8, 4) is 0 Å². The Bertz CT molecular complexity index is 594. The van der Waals surface area contributed by atoms with E-state index in [1.807, 2.05) is 0 Å². The van der Waals surface area contributed by atoms with Gasteiger partial charge in [0.2, 0.25) is 10.9 Å². The lowest BCUT2D eigenvalue weighted by Gasteiger charge is -2.15. The maximum Gasteiger partial charge on any atom is 0.263 e. The fraction of sp³-hybridized carbons (Fsp3) is 0.600. The topological polar surface area (TPSA) is 84.3 Å². The summed E-state index contributed by atoms with van der Waals surface area (Å²) < 4.78 is 26.7. The lowest BCUT2D eigenvalue weighted by Crippen LogP contribution is -2.39. The van der Waals surface area contributed by atoms with Gasteiger partial charge < -0.3 is 9.88 Å². The molecule has 19 heavy (non-hydrogen) atoms. The molecule has 0 radical (unpaired) electrons. The lowest BCUT2D eigenvalue weighted by molar-refractivity contribution is -0.121. The molecule has 1 heterocycles. The molecule has 1 aliphatic carbocycles. The number of imidazole rings is 1. The summed E-state index contributed by atoms with van der Waals surface area (Å²) in [5.74, 6) is -0.319. The smallest absolute Gasteiger partial charge is 0.263 e. The zero-order valence-electron chi connectivity index (χ0n) is 10.6. The van der Waals surface area contributed by atoms with Crippen molar-refractivity contribution >= 4 is 27.5 Å². The minimum atomic E-state index is -3.85. The SMILES string of the molecule is CN(CC(=O)NC1CC1)S(=O)(=O)c1ncn(C)c1Cl. The molecule has 2 rings (SSSR count). The number of halogens is 1. The van der Waals surface area contributed by atoms with Crippen molar-refractivity contribution in [2.24, 2.45) is 7.05 Å². The third kappa shape index (κ3) is 3.07. The summed E-state index contributed by atoms with van der Waals surface area (Å²) in [6.07, 6.45) is 3.22. The quantitative estimate of drug-likeness (QED) is 0.828. The van der Waals surface area contributed by atoms with Crippen molar-refractivity contribution < 1.29 is 13.2 Å². The Balaban J connectivity index is 2.10. The van der Waals surface area contributed by atoms with E-state index >= 15 is 0 Å². The molecule has 1 fully saturated rings. The third-order valence-electron chi connectivity index (χ3n) is 2.80. The van der Waals surface area contributed by atoms with Crippen LogP contribution in [0.3, 0.4) is 0 Å². The Labute approximate surface area is 116 Å². The third-order valence-corrected chi connectivity index (χ3v) is 5.09. The van der Waals surface area contributed by atoms with Crippen molar-refractivity contribution in [3.05, 3.63) is 11.5 Å². The van der Waals surface area contributed by atoms with Crippen molar-refractivity contribution in [1.82, 2.24) is 19.2 Å². The molecule has 0 bridgehead atoms. The van der Waals surface area contributed by atoms with Gasteiger partial charge in [-0.1, -0.05) is 11.6 Å². The molecular formula is C10H15ClN4O3S. The molecule has 7 nitrogen and oxygen atoms in total. The average molecular weight is 307 g/mol. The Morgan fingerprint density at radius 1 is 1.63 bits per heavy atom. The molecule has 1 aromatic rings. The summed E-state index contributed by atoms with van der Waals surface area (Å²) in [6.45, 7) is -0.244. The molecule has 1 N–H and O–H groups in total. The average Bonchev–Trinajstić information content (AvgIpc) is 3.05. The second kappa shape index (κ2) is 5.10. The van der Waals surface area contributed by atoms with E-state index in [9.17, 15) is 13.2 Å². The number of amides is 1. The molecule has 0 unspecified atom stereocenters. The van der Waals surface area contributed by atoms with Crippen LogP contribution < -0.4 is 5.32 Å². The van der Waals surface area contributed by atoms with Crippen LogP contribution in [-0.2, 0) is 21.9 Å². The first-order valence-electron chi connectivity index (χ1n) is 5.75. The monoisotopic (exact) mass is 306 g/mol. The number of hydrogen-bond acceptors (Lipinski definition) is 4. The second-order valence-corrected chi connectivity index (χ2v) is 6.87. The zero-order valence-corrected chi connectivity index (χ0v) is 12.2. The Kier molecular flexibility index (Phi) is 3.84. The molecule has 0 aliphatic heterocycles. The van der Waals surface area contributed by atoms with Gasteiger partial charge in [0, 0.05) is 20.1 Å². The zero-order chi connectivity index (χ0) is 14.2. The highest BCUT2D eigenvalue weighted by Gasteiger charge is 2.30. The predicted octanol–water partition coefficient (Wildman–Crippen LogP) is -0.0274. The number of carbonyl (C=O) groups excluding carboxylic acids is 1. The molecular weight excluding hydrogens is 292 g/mol. The van der Waals surface area contributed by atoms with Crippen LogP contribution in [0.5, 0.6) is 0 Å². The summed E-state index contributed by atoms with van der Waals surface area (Å²) in [7, 11) is -0.933. The molecule has 0 aromatic carbocycles. The van der Waals surface area contributed by atoms with E-state index in [0.717, 1.165) is 17.1 Å². The van der Waals surface area contributed by atoms with E-state index in [-0.39, 0.29) is 28.7 Å². The Morgan fingerprint density at radius 3 is 2.74 bits per heavy atom. The summed E-state index contributed by atoms with van der Waals surface area (Å²) >= 11 is 5.86. The van der Waals surface area contributed by atoms with Gasteiger partial charge in [-0.25, -0.2) is 13.4 Å². The fourth-order valence-corrected chi connectivity index (χ4v) is 3.01. The number of rotatable bonds is 5. The number of likely N-dealkylation sites (N-methyl/N-ethyl adjacent to an activating group) is 1. The van der Waals surface area contributed by atoms with Gasteiger partial charge in [0.25, 0.3) is 10.0 Å². The van der Waals surface area contributed by atoms with Gasteiger partial charge >= 0.3 is 0 Å². The summed E-state index contributed by atoms with van der Waals surface area (Å²) in [4.78, 5) is 15.4.